The first-order chi connectivity index (χ1) is 16.1. The van der Waals surface area contributed by atoms with E-state index in [-0.39, 0.29) is 12.1 Å². The molecule has 0 aromatic heterocycles. The molecule has 0 fully saturated rings. The molecule has 0 amide bonds. The second-order valence-electron chi connectivity index (χ2n) is 9.64. The Balaban J connectivity index is 3.47. The van der Waals surface area contributed by atoms with Crippen LogP contribution in [0.1, 0.15) is 149 Å². The fraction of sp³-hybridized carbons (Fsp3) is 0.929. The van der Waals surface area contributed by atoms with Gasteiger partial charge in [0.15, 0.2) is 0 Å². The van der Waals surface area contributed by atoms with Gasteiger partial charge in [-0.1, -0.05) is 90.9 Å². The van der Waals surface area contributed by atoms with E-state index in [9.17, 15) is 9.59 Å². The number of hydrogen-bond donors (Lipinski definition) is 2. The Morgan fingerprint density at radius 3 is 1.73 bits per heavy atom. The van der Waals surface area contributed by atoms with E-state index in [1.165, 1.54) is 70.6 Å². The smallest absolute Gasteiger partial charge is 0.306 e. The van der Waals surface area contributed by atoms with E-state index in [0.717, 1.165) is 64.5 Å². The summed E-state index contributed by atoms with van der Waals surface area (Å²) >= 11 is 0. The van der Waals surface area contributed by atoms with Crippen LogP contribution in [0.5, 0.6) is 0 Å². The average molecular weight is 470 g/mol. The molecule has 1 atom stereocenters. The molecular formula is C28H55NO4. The van der Waals surface area contributed by atoms with Gasteiger partial charge in [-0.15, -0.1) is 0 Å². The highest BCUT2D eigenvalue weighted by atomic mass is 16.5. The van der Waals surface area contributed by atoms with Gasteiger partial charge in [-0.3, -0.25) is 9.59 Å². The number of carbonyl (C=O) groups excluding carboxylic acids is 1. The maximum Gasteiger partial charge on any atom is 0.306 e. The van der Waals surface area contributed by atoms with Gasteiger partial charge in [-0.25, -0.2) is 0 Å². The van der Waals surface area contributed by atoms with Crippen molar-refractivity contribution in [2.24, 2.45) is 0 Å². The second kappa shape index (κ2) is 25.5. The van der Waals surface area contributed by atoms with E-state index in [4.69, 9.17) is 9.84 Å². The van der Waals surface area contributed by atoms with Crippen molar-refractivity contribution >= 4 is 11.9 Å². The number of carbonyl (C=O) groups is 2. The minimum atomic E-state index is -0.684. The molecule has 2 N–H and O–H groups in total. The molecule has 0 aliphatic heterocycles. The molecule has 5 heteroatoms. The van der Waals surface area contributed by atoms with E-state index in [1.807, 2.05) is 0 Å². The maximum absolute atomic E-state index is 12.2. The van der Waals surface area contributed by atoms with E-state index >= 15 is 0 Å². The molecule has 0 spiro atoms. The topological polar surface area (TPSA) is 75.6 Å². The van der Waals surface area contributed by atoms with Crippen molar-refractivity contribution in [3.05, 3.63) is 0 Å². The van der Waals surface area contributed by atoms with Crippen molar-refractivity contribution in [1.82, 2.24) is 5.32 Å². The number of aliphatic carboxylic acids is 1. The Morgan fingerprint density at radius 2 is 1.15 bits per heavy atom. The molecule has 0 aromatic carbocycles. The lowest BCUT2D eigenvalue weighted by atomic mass is 10.0. The first-order valence-corrected chi connectivity index (χ1v) is 14.2. The molecule has 0 saturated carbocycles. The van der Waals surface area contributed by atoms with Gasteiger partial charge >= 0.3 is 11.9 Å². The molecule has 0 rings (SSSR count). The number of carboxylic acid groups (broad SMARTS) is 1. The molecule has 196 valence electrons. The normalized spacial score (nSPS) is 12.1. The molecule has 0 bridgehead atoms. The molecule has 33 heavy (non-hydrogen) atoms. The highest BCUT2D eigenvalue weighted by molar-refractivity contribution is 5.69. The number of nitrogens with one attached hydrogen (secondary N) is 1. The molecule has 0 aliphatic carbocycles. The summed E-state index contributed by atoms with van der Waals surface area (Å²) in [5, 5.41) is 12.1. The van der Waals surface area contributed by atoms with Crippen molar-refractivity contribution in [2.75, 3.05) is 13.1 Å². The monoisotopic (exact) mass is 469 g/mol. The summed E-state index contributed by atoms with van der Waals surface area (Å²) in [5.41, 5.74) is 0. The van der Waals surface area contributed by atoms with Crippen LogP contribution in [-0.2, 0) is 14.3 Å². The van der Waals surface area contributed by atoms with Gasteiger partial charge in [-0.05, 0) is 58.0 Å². The van der Waals surface area contributed by atoms with Gasteiger partial charge in [0.2, 0.25) is 0 Å². The number of carboxylic acids is 1. The summed E-state index contributed by atoms with van der Waals surface area (Å²) in [5.74, 6) is -0.680. The van der Waals surface area contributed by atoms with E-state index in [1.54, 1.807) is 0 Å². The standard InChI is InChI=1S/C28H55NO4/c1-3-5-6-7-10-15-21-26(20-4-2)33-28(32)23-17-12-9-14-19-25-29-24-18-13-8-11-16-22-27(30)31/h26,29H,3-25H2,1-2H3,(H,30,31). The van der Waals surface area contributed by atoms with Crippen LogP contribution in [0, 0.1) is 0 Å². The molecule has 0 heterocycles. The zero-order valence-corrected chi connectivity index (χ0v) is 22.0. The molecule has 0 aromatic rings. The van der Waals surface area contributed by atoms with Gasteiger partial charge in [0.05, 0.1) is 0 Å². The van der Waals surface area contributed by atoms with Crippen LogP contribution in [0.25, 0.3) is 0 Å². The van der Waals surface area contributed by atoms with Crippen LogP contribution in [0.3, 0.4) is 0 Å². The van der Waals surface area contributed by atoms with Gasteiger partial charge in [0, 0.05) is 12.8 Å². The minimum absolute atomic E-state index is 0.00376. The SMILES string of the molecule is CCCCCCCCC(CCC)OC(=O)CCCCCCCNCCCCCCCC(=O)O. The summed E-state index contributed by atoms with van der Waals surface area (Å²) in [6, 6.07) is 0. The first kappa shape index (κ1) is 31.9. The fourth-order valence-electron chi connectivity index (χ4n) is 4.21. The van der Waals surface area contributed by atoms with Crippen LogP contribution in [-0.4, -0.2) is 36.2 Å². The minimum Gasteiger partial charge on any atom is -0.481 e. The summed E-state index contributed by atoms with van der Waals surface area (Å²) in [6.45, 7) is 6.54. The molecule has 0 saturated heterocycles. The summed E-state index contributed by atoms with van der Waals surface area (Å²) in [6.07, 6.45) is 22.8. The van der Waals surface area contributed by atoms with E-state index in [2.05, 4.69) is 19.2 Å². The van der Waals surface area contributed by atoms with E-state index < -0.39 is 5.97 Å². The molecule has 0 radical (unpaired) electrons. The number of ether oxygens (including phenoxy) is 1. The predicted octanol–water partition coefficient (Wildman–Crippen LogP) is 7.80. The van der Waals surface area contributed by atoms with Gasteiger partial charge < -0.3 is 15.2 Å². The summed E-state index contributed by atoms with van der Waals surface area (Å²) < 4.78 is 5.77. The Bertz CT molecular complexity index is 442. The van der Waals surface area contributed by atoms with Crippen LogP contribution >= 0.6 is 0 Å². The van der Waals surface area contributed by atoms with Crippen LogP contribution in [0.15, 0.2) is 0 Å². The highest BCUT2D eigenvalue weighted by Gasteiger charge is 2.13. The Labute approximate surface area is 204 Å². The predicted molar refractivity (Wildman–Crippen MR) is 139 cm³/mol. The van der Waals surface area contributed by atoms with Crippen molar-refractivity contribution in [2.45, 2.75) is 155 Å². The number of unbranched alkanes of at least 4 members (excludes halogenated alkanes) is 13. The third-order valence-electron chi connectivity index (χ3n) is 6.27. The fourth-order valence-corrected chi connectivity index (χ4v) is 4.21. The third kappa shape index (κ3) is 25.4. The number of esters is 1. The molecular weight excluding hydrogens is 414 g/mol. The lowest BCUT2D eigenvalue weighted by Crippen LogP contribution is -2.18. The Kier molecular flexibility index (Phi) is 24.7. The third-order valence-corrected chi connectivity index (χ3v) is 6.27. The van der Waals surface area contributed by atoms with Crippen molar-refractivity contribution < 1.29 is 19.4 Å². The van der Waals surface area contributed by atoms with Crippen LogP contribution in [0.4, 0.5) is 0 Å². The van der Waals surface area contributed by atoms with E-state index in [0.29, 0.717) is 12.8 Å². The quantitative estimate of drug-likeness (QED) is 0.0998. The first-order valence-electron chi connectivity index (χ1n) is 14.2. The summed E-state index contributed by atoms with van der Waals surface area (Å²) in [4.78, 5) is 22.6. The average Bonchev–Trinajstić information content (AvgIpc) is 2.78. The second-order valence-corrected chi connectivity index (χ2v) is 9.64. The van der Waals surface area contributed by atoms with Gasteiger partial charge in [0.1, 0.15) is 6.10 Å². The largest absolute Gasteiger partial charge is 0.481 e. The molecule has 0 aliphatic rings. The van der Waals surface area contributed by atoms with Crippen LogP contribution in [0.2, 0.25) is 0 Å². The van der Waals surface area contributed by atoms with Crippen molar-refractivity contribution in [3.63, 3.8) is 0 Å². The lowest BCUT2D eigenvalue weighted by molar-refractivity contribution is -0.150. The highest BCUT2D eigenvalue weighted by Crippen LogP contribution is 2.16. The summed E-state index contributed by atoms with van der Waals surface area (Å²) in [7, 11) is 0. The van der Waals surface area contributed by atoms with Crippen LogP contribution < -0.4 is 5.32 Å². The lowest BCUT2D eigenvalue weighted by Gasteiger charge is -2.17. The van der Waals surface area contributed by atoms with Gasteiger partial charge in [-0.2, -0.15) is 0 Å². The Hall–Kier alpha value is -1.10. The van der Waals surface area contributed by atoms with Crippen molar-refractivity contribution in [3.8, 4) is 0 Å². The number of hydrogen-bond acceptors (Lipinski definition) is 4. The van der Waals surface area contributed by atoms with Gasteiger partial charge in [0.25, 0.3) is 0 Å². The zero-order valence-electron chi connectivity index (χ0n) is 22.0. The molecule has 1 unspecified atom stereocenters. The Morgan fingerprint density at radius 1 is 0.636 bits per heavy atom. The van der Waals surface area contributed by atoms with Crippen molar-refractivity contribution in [1.29, 1.82) is 0 Å². The number of rotatable bonds is 26. The molecule has 5 nitrogen and oxygen atoms in total. The maximum atomic E-state index is 12.2. The zero-order chi connectivity index (χ0) is 24.4.